The fourth-order valence-corrected chi connectivity index (χ4v) is 1.84. The molecule has 0 aliphatic carbocycles. The van der Waals surface area contributed by atoms with E-state index < -0.39 is 11.7 Å². The SMILES string of the molecule is CN(CC(=O)NC(C)(C)C)C(=O)c1ccc(Br)c(F)c1. The fraction of sp³-hybridized carbons (Fsp3) is 0.429. The molecule has 20 heavy (non-hydrogen) atoms. The van der Waals surface area contributed by atoms with Gasteiger partial charge in [-0.3, -0.25) is 9.59 Å². The zero-order valence-corrected chi connectivity index (χ0v) is 13.5. The number of nitrogens with one attached hydrogen (secondary N) is 1. The summed E-state index contributed by atoms with van der Waals surface area (Å²) in [6.45, 7) is 5.50. The molecule has 1 aromatic rings. The van der Waals surface area contributed by atoms with Gasteiger partial charge in [0.05, 0.1) is 11.0 Å². The Hall–Kier alpha value is -1.43. The molecule has 1 N–H and O–H groups in total. The maximum atomic E-state index is 13.4. The van der Waals surface area contributed by atoms with E-state index >= 15 is 0 Å². The highest BCUT2D eigenvalue weighted by atomic mass is 79.9. The molecule has 1 rings (SSSR count). The van der Waals surface area contributed by atoms with Gasteiger partial charge in [0, 0.05) is 18.2 Å². The van der Waals surface area contributed by atoms with Crippen molar-refractivity contribution in [2.24, 2.45) is 0 Å². The van der Waals surface area contributed by atoms with Crippen LogP contribution in [0.5, 0.6) is 0 Å². The van der Waals surface area contributed by atoms with E-state index in [0.29, 0.717) is 4.47 Å². The second kappa shape index (κ2) is 6.35. The van der Waals surface area contributed by atoms with Crippen molar-refractivity contribution < 1.29 is 14.0 Å². The Morgan fingerprint density at radius 3 is 2.45 bits per heavy atom. The number of likely N-dealkylation sites (N-methyl/N-ethyl adjacent to an activating group) is 1. The van der Waals surface area contributed by atoms with E-state index in [0.717, 1.165) is 6.07 Å². The average molecular weight is 345 g/mol. The van der Waals surface area contributed by atoms with E-state index in [9.17, 15) is 14.0 Å². The standard InChI is InChI=1S/C14H18BrFN2O2/c1-14(2,3)17-12(19)8-18(4)13(20)9-5-6-10(15)11(16)7-9/h5-7H,8H2,1-4H3,(H,17,19). The first-order valence-electron chi connectivity index (χ1n) is 6.11. The van der Waals surface area contributed by atoms with Crippen LogP contribution in [0.15, 0.2) is 22.7 Å². The van der Waals surface area contributed by atoms with Gasteiger partial charge in [-0.2, -0.15) is 0 Å². The van der Waals surface area contributed by atoms with Crippen molar-refractivity contribution in [3.8, 4) is 0 Å². The molecule has 0 aliphatic heterocycles. The molecule has 0 spiro atoms. The van der Waals surface area contributed by atoms with Crippen molar-refractivity contribution in [3.05, 3.63) is 34.1 Å². The Morgan fingerprint density at radius 2 is 1.95 bits per heavy atom. The third-order valence-corrected chi connectivity index (χ3v) is 3.05. The molecule has 0 bridgehead atoms. The molecule has 0 radical (unpaired) electrons. The summed E-state index contributed by atoms with van der Waals surface area (Å²) < 4.78 is 13.7. The van der Waals surface area contributed by atoms with Crippen molar-refractivity contribution in [1.29, 1.82) is 0 Å². The first-order chi connectivity index (χ1) is 9.10. The first kappa shape index (κ1) is 16.6. The molecule has 0 unspecified atom stereocenters. The van der Waals surface area contributed by atoms with Crippen LogP contribution in [0, 0.1) is 5.82 Å². The smallest absolute Gasteiger partial charge is 0.254 e. The number of benzene rings is 1. The summed E-state index contributed by atoms with van der Waals surface area (Å²) >= 11 is 3.02. The van der Waals surface area contributed by atoms with Crippen LogP contribution in [-0.4, -0.2) is 35.8 Å². The summed E-state index contributed by atoms with van der Waals surface area (Å²) in [6, 6.07) is 4.11. The minimum absolute atomic E-state index is 0.0756. The normalized spacial score (nSPS) is 11.1. The highest BCUT2D eigenvalue weighted by molar-refractivity contribution is 9.10. The van der Waals surface area contributed by atoms with Crippen molar-refractivity contribution >= 4 is 27.7 Å². The third kappa shape index (κ3) is 4.92. The monoisotopic (exact) mass is 344 g/mol. The Morgan fingerprint density at radius 1 is 1.35 bits per heavy atom. The minimum atomic E-state index is -0.511. The predicted molar refractivity (Wildman–Crippen MR) is 79.0 cm³/mol. The van der Waals surface area contributed by atoms with Crippen molar-refractivity contribution in [1.82, 2.24) is 10.2 Å². The Bertz CT molecular complexity index is 526. The van der Waals surface area contributed by atoms with Crippen LogP contribution in [0.3, 0.4) is 0 Å². The first-order valence-corrected chi connectivity index (χ1v) is 6.91. The summed E-state index contributed by atoms with van der Waals surface area (Å²) in [4.78, 5) is 25.1. The van der Waals surface area contributed by atoms with E-state index in [1.54, 1.807) is 0 Å². The number of carbonyl (C=O) groups is 2. The summed E-state index contributed by atoms with van der Waals surface area (Å²) in [5.41, 5.74) is -0.151. The average Bonchev–Trinajstić information content (AvgIpc) is 2.29. The van der Waals surface area contributed by atoms with E-state index in [-0.39, 0.29) is 23.6 Å². The van der Waals surface area contributed by atoms with E-state index in [2.05, 4.69) is 21.2 Å². The summed E-state index contributed by atoms with van der Waals surface area (Å²) in [6.07, 6.45) is 0. The van der Waals surface area contributed by atoms with Crippen molar-refractivity contribution in [3.63, 3.8) is 0 Å². The molecule has 0 saturated carbocycles. The molecule has 2 amide bonds. The van der Waals surface area contributed by atoms with Crippen LogP contribution in [0.4, 0.5) is 4.39 Å². The van der Waals surface area contributed by atoms with Gasteiger partial charge in [0.2, 0.25) is 5.91 Å². The van der Waals surface area contributed by atoms with E-state index in [1.807, 2.05) is 20.8 Å². The molecule has 0 aliphatic rings. The van der Waals surface area contributed by atoms with E-state index in [4.69, 9.17) is 0 Å². The van der Waals surface area contributed by atoms with Gasteiger partial charge >= 0.3 is 0 Å². The van der Waals surface area contributed by atoms with Gasteiger partial charge < -0.3 is 10.2 Å². The molecule has 0 heterocycles. The van der Waals surface area contributed by atoms with Gasteiger partial charge in [0.25, 0.3) is 5.91 Å². The molecular formula is C14H18BrFN2O2. The molecule has 0 saturated heterocycles. The van der Waals surface area contributed by atoms with Gasteiger partial charge in [-0.1, -0.05) is 0 Å². The number of amides is 2. The van der Waals surface area contributed by atoms with Crippen molar-refractivity contribution in [2.75, 3.05) is 13.6 Å². The summed E-state index contributed by atoms with van der Waals surface area (Å²) in [5, 5.41) is 2.76. The zero-order valence-electron chi connectivity index (χ0n) is 12.0. The summed E-state index contributed by atoms with van der Waals surface area (Å²) in [5.74, 6) is -1.17. The number of carbonyl (C=O) groups excluding carboxylic acids is 2. The highest BCUT2D eigenvalue weighted by Gasteiger charge is 2.19. The molecule has 6 heteroatoms. The largest absolute Gasteiger partial charge is 0.350 e. The Balaban J connectivity index is 2.72. The van der Waals surface area contributed by atoms with Crippen LogP contribution < -0.4 is 5.32 Å². The third-order valence-electron chi connectivity index (χ3n) is 2.41. The lowest BCUT2D eigenvalue weighted by Crippen LogP contribution is -2.46. The molecular weight excluding hydrogens is 327 g/mol. The lowest BCUT2D eigenvalue weighted by Gasteiger charge is -2.23. The van der Waals surface area contributed by atoms with Crippen molar-refractivity contribution in [2.45, 2.75) is 26.3 Å². The quantitative estimate of drug-likeness (QED) is 0.916. The second-order valence-corrected chi connectivity index (χ2v) is 6.44. The second-order valence-electron chi connectivity index (χ2n) is 5.59. The lowest BCUT2D eigenvalue weighted by molar-refractivity contribution is -0.122. The van der Waals surface area contributed by atoms with Crippen LogP contribution in [0.1, 0.15) is 31.1 Å². The highest BCUT2D eigenvalue weighted by Crippen LogP contribution is 2.17. The number of hydrogen-bond donors (Lipinski definition) is 1. The zero-order chi connectivity index (χ0) is 15.5. The topological polar surface area (TPSA) is 49.4 Å². The van der Waals surface area contributed by atoms with Crippen LogP contribution in [0.25, 0.3) is 0 Å². The predicted octanol–water partition coefficient (Wildman–Crippen LogP) is 2.57. The van der Waals surface area contributed by atoms with Gasteiger partial charge in [0.1, 0.15) is 5.82 Å². The van der Waals surface area contributed by atoms with Gasteiger partial charge in [-0.15, -0.1) is 0 Å². The Kier molecular flexibility index (Phi) is 5.28. The van der Waals surface area contributed by atoms with Gasteiger partial charge in [0.15, 0.2) is 0 Å². The number of rotatable bonds is 3. The number of nitrogens with zero attached hydrogens (tertiary/aromatic N) is 1. The minimum Gasteiger partial charge on any atom is -0.350 e. The fourth-order valence-electron chi connectivity index (χ4n) is 1.59. The molecule has 4 nitrogen and oxygen atoms in total. The van der Waals surface area contributed by atoms with E-state index in [1.165, 1.54) is 24.1 Å². The molecule has 1 aromatic carbocycles. The number of halogens is 2. The lowest BCUT2D eigenvalue weighted by atomic mass is 10.1. The molecule has 0 aromatic heterocycles. The van der Waals surface area contributed by atoms with Crippen LogP contribution in [-0.2, 0) is 4.79 Å². The molecule has 0 atom stereocenters. The maximum absolute atomic E-state index is 13.4. The Labute approximate surface area is 126 Å². The maximum Gasteiger partial charge on any atom is 0.254 e. The van der Waals surface area contributed by atoms with Crippen LogP contribution in [0.2, 0.25) is 0 Å². The van der Waals surface area contributed by atoms with Crippen LogP contribution >= 0.6 is 15.9 Å². The van der Waals surface area contributed by atoms with Gasteiger partial charge in [-0.25, -0.2) is 4.39 Å². The van der Waals surface area contributed by atoms with Gasteiger partial charge in [-0.05, 0) is 54.9 Å². The molecule has 0 fully saturated rings. The molecule has 110 valence electrons. The number of hydrogen-bond acceptors (Lipinski definition) is 2. The summed E-state index contributed by atoms with van der Waals surface area (Å²) in [7, 11) is 1.50.